The number of esters is 1. The first-order chi connectivity index (χ1) is 14.2. The molecule has 6 nitrogen and oxygen atoms in total. The van der Waals surface area contributed by atoms with Crippen LogP contribution in [-0.4, -0.2) is 32.4 Å². The van der Waals surface area contributed by atoms with Crippen LogP contribution in [0.1, 0.15) is 39.8 Å². The fourth-order valence-corrected chi connectivity index (χ4v) is 2.95. The lowest BCUT2D eigenvalue weighted by atomic mass is 10.0. The topological polar surface area (TPSA) is 77.2 Å². The van der Waals surface area contributed by atoms with Gasteiger partial charge in [-0.3, -0.25) is 4.98 Å². The lowest BCUT2D eigenvalue weighted by Crippen LogP contribution is -2.10. The summed E-state index contributed by atoms with van der Waals surface area (Å²) >= 11 is 0. The van der Waals surface area contributed by atoms with Crippen LogP contribution >= 0.6 is 0 Å². The molecule has 3 rings (SSSR count). The van der Waals surface area contributed by atoms with Gasteiger partial charge in [-0.15, -0.1) is 0 Å². The van der Waals surface area contributed by atoms with Crippen molar-refractivity contribution in [3.8, 4) is 5.69 Å². The highest BCUT2D eigenvalue weighted by molar-refractivity contribution is 5.90. The summed E-state index contributed by atoms with van der Waals surface area (Å²) in [5, 5.41) is 13.8. The van der Waals surface area contributed by atoms with Crippen LogP contribution in [0.2, 0.25) is 0 Å². The molecule has 0 unspecified atom stereocenters. The molecule has 158 valence electrons. The van der Waals surface area contributed by atoms with E-state index in [-0.39, 0.29) is 29.8 Å². The minimum Gasteiger partial charge on any atom is -0.462 e. The Morgan fingerprint density at radius 2 is 2.00 bits per heavy atom. The third-order valence-electron chi connectivity index (χ3n) is 4.23. The zero-order valence-corrected chi connectivity index (χ0v) is 15.8. The van der Waals surface area contributed by atoms with E-state index < -0.39 is 30.1 Å². The maximum Gasteiger partial charge on any atom is 0.416 e. The van der Waals surface area contributed by atoms with Crippen molar-refractivity contribution in [1.82, 2.24) is 14.8 Å². The van der Waals surface area contributed by atoms with Crippen LogP contribution in [0.5, 0.6) is 0 Å². The normalized spacial score (nSPS) is 11.5. The van der Waals surface area contributed by atoms with Crippen LogP contribution in [-0.2, 0) is 23.9 Å². The highest BCUT2D eigenvalue weighted by Crippen LogP contribution is 2.31. The number of rotatable bonds is 6. The molecule has 0 amide bonds. The molecule has 0 bridgehead atoms. The maximum absolute atomic E-state index is 13.6. The molecule has 0 saturated heterocycles. The molecule has 30 heavy (non-hydrogen) atoms. The van der Waals surface area contributed by atoms with Gasteiger partial charge in [-0.1, -0.05) is 0 Å². The minimum absolute atomic E-state index is 0.0604. The van der Waals surface area contributed by atoms with Crippen molar-refractivity contribution in [2.75, 3.05) is 6.61 Å². The number of carbonyl (C=O) groups is 1. The van der Waals surface area contributed by atoms with Crippen molar-refractivity contribution in [3.63, 3.8) is 0 Å². The van der Waals surface area contributed by atoms with Gasteiger partial charge in [0.15, 0.2) is 0 Å². The van der Waals surface area contributed by atoms with Crippen LogP contribution in [0.4, 0.5) is 17.6 Å². The number of benzene rings is 1. The van der Waals surface area contributed by atoms with Crippen molar-refractivity contribution in [3.05, 3.63) is 76.6 Å². The van der Waals surface area contributed by atoms with Crippen molar-refractivity contribution < 1.29 is 32.2 Å². The summed E-state index contributed by atoms with van der Waals surface area (Å²) in [6.07, 6.45) is -2.07. The molecule has 1 N–H and O–H groups in total. The third-order valence-corrected chi connectivity index (χ3v) is 4.23. The van der Waals surface area contributed by atoms with E-state index in [0.717, 1.165) is 12.1 Å². The second kappa shape index (κ2) is 8.62. The molecule has 0 aliphatic carbocycles. The number of pyridine rings is 1. The molecule has 2 heterocycles. The Hall–Kier alpha value is -3.27. The van der Waals surface area contributed by atoms with Crippen LogP contribution in [0, 0.1) is 5.82 Å². The Morgan fingerprint density at radius 1 is 1.23 bits per heavy atom. The Kier molecular flexibility index (Phi) is 6.16. The first kappa shape index (κ1) is 21.4. The van der Waals surface area contributed by atoms with Crippen LogP contribution in [0.25, 0.3) is 5.69 Å². The molecule has 0 saturated carbocycles. The van der Waals surface area contributed by atoms with Crippen molar-refractivity contribution in [2.45, 2.75) is 26.1 Å². The zero-order chi connectivity index (χ0) is 21.9. The molecule has 1 aromatic carbocycles. The van der Waals surface area contributed by atoms with Gasteiger partial charge in [0.1, 0.15) is 11.4 Å². The number of aliphatic hydroxyl groups excluding tert-OH is 1. The van der Waals surface area contributed by atoms with E-state index in [1.807, 2.05) is 0 Å². The van der Waals surface area contributed by atoms with Crippen LogP contribution in [0.3, 0.4) is 0 Å². The first-order valence-corrected chi connectivity index (χ1v) is 8.89. The summed E-state index contributed by atoms with van der Waals surface area (Å²) in [5.41, 5.74) is 0.0770. The quantitative estimate of drug-likeness (QED) is 0.484. The molecule has 0 atom stereocenters. The van der Waals surface area contributed by atoms with Crippen LogP contribution in [0.15, 0.2) is 42.7 Å². The summed E-state index contributed by atoms with van der Waals surface area (Å²) in [5.74, 6) is -1.63. The average molecular weight is 423 g/mol. The number of ether oxygens (including phenoxy) is 1. The number of halogens is 4. The first-order valence-electron chi connectivity index (χ1n) is 8.89. The Labute approximate surface area is 168 Å². The zero-order valence-electron chi connectivity index (χ0n) is 15.8. The van der Waals surface area contributed by atoms with Crippen LogP contribution < -0.4 is 0 Å². The summed E-state index contributed by atoms with van der Waals surface area (Å²) in [4.78, 5) is 16.1. The van der Waals surface area contributed by atoms with Gasteiger partial charge < -0.3 is 9.84 Å². The largest absolute Gasteiger partial charge is 0.462 e. The molecule has 3 aromatic rings. The van der Waals surface area contributed by atoms with Gasteiger partial charge in [0.2, 0.25) is 0 Å². The number of hydrogen-bond acceptors (Lipinski definition) is 5. The molecule has 0 spiro atoms. The standard InChI is InChI=1S/C20H17F4N3O3/c1-2-30-19(29)17-10-26-27(18(17)11-28)16-3-4-25-15(9-16)7-12-5-13(20(22,23)24)8-14(21)6-12/h3-6,8-10,28H,2,7,11H2,1H3. The van der Waals surface area contributed by atoms with Gasteiger partial charge in [0.25, 0.3) is 0 Å². The van der Waals surface area contributed by atoms with Gasteiger partial charge in [0, 0.05) is 18.3 Å². The summed E-state index contributed by atoms with van der Waals surface area (Å²) in [6, 6.07) is 5.39. The molecular formula is C20H17F4N3O3. The molecule has 0 aliphatic heterocycles. The minimum atomic E-state index is -4.67. The molecule has 0 radical (unpaired) electrons. The number of aliphatic hydroxyl groups is 1. The molecular weight excluding hydrogens is 406 g/mol. The van der Waals surface area contributed by atoms with Gasteiger partial charge >= 0.3 is 12.1 Å². The maximum atomic E-state index is 13.6. The Bertz CT molecular complexity index is 1060. The summed E-state index contributed by atoms with van der Waals surface area (Å²) in [6.45, 7) is 1.30. The van der Waals surface area contributed by atoms with E-state index in [1.54, 1.807) is 13.0 Å². The van der Waals surface area contributed by atoms with Gasteiger partial charge in [-0.2, -0.15) is 18.3 Å². The average Bonchev–Trinajstić information content (AvgIpc) is 3.11. The lowest BCUT2D eigenvalue weighted by molar-refractivity contribution is -0.137. The van der Waals surface area contributed by atoms with E-state index in [9.17, 15) is 27.5 Å². The predicted octanol–water partition coefficient (Wildman–Crippen LogP) is 3.69. The van der Waals surface area contributed by atoms with E-state index >= 15 is 0 Å². The number of aromatic nitrogens is 3. The van der Waals surface area contributed by atoms with Crippen molar-refractivity contribution in [2.24, 2.45) is 0 Å². The number of carbonyl (C=O) groups excluding carboxylic acids is 1. The van der Waals surface area contributed by atoms with E-state index in [1.165, 1.54) is 23.1 Å². The van der Waals surface area contributed by atoms with Crippen molar-refractivity contribution >= 4 is 5.97 Å². The second-order valence-corrected chi connectivity index (χ2v) is 6.32. The second-order valence-electron chi connectivity index (χ2n) is 6.32. The van der Waals surface area contributed by atoms with Gasteiger partial charge in [-0.05, 0) is 42.8 Å². The van der Waals surface area contributed by atoms with Gasteiger partial charge in [0.05, 0.1) is 36.4 Å². The smallest absolute Gasteiger partial charge is 0.416 e. The molecule has 0 fully saturated rings. The fourth-order valence-electron chi connectivity index (χ4n) is 2.95. The van der Waals surface area contributed by atoms with E-state index in [2.05, 4.69) is 10.1 Å². The lowest BCUT2D eigenvalue weighted by Gasteiger charge is -2.11. The monoisotopic (exact) mass is 423 g/mol. The third kappa shape index (κ3) is 4.65. The van der Waals surface area contributed by atoms with E-state index in [0.29, 0.717) is 17.4 Å². The van der Waals surface area contributed by atoms with Crippen molar-refractivity contribution in [1.29, 1.82) is 0 Å². The van der Waals surface area contributed by atoms with Gasteiger partial charge in [-0.25, -0.2) is 13.9 Å². The number of nitrogens with zero attached hydrogens (tertiary/aromatic N) is 3. The Balaban J connectivity index is 1.93. The highest BCUT2D eigenvalue weighted by Gasteiger charge is 2.31. The molecule has 10 heteroatoms. The number of alkyl halides is 3. The van der Waals surface area contributed by atoms with E-state index in [4.69, 9.17) is 4.74 Å². The highest BCUT2D eigenvalue weighted by atomic mass is 19.4. The summed E-state index contributed by atoms with van der Waals surface area (Å²) < 4.78 is 58.6. The fraction of sp³-hybridized carbons (Fsp3) is 0.250. The molecule has 0 aliphatic rings. The Morgan fingerprint density at radius 3 is 2.67 bits per heavy atom. The predicted molar refractivity (Wildman–Crippen MR) is 97.4 cm³/mol. The summed E-state index contributed by atoms with van der Waals surface area (Å²) in [7, 11) is 0. The number of hydrogen-bond donors (Lipinski definition) is 1. The molecule has 2 aromatic heterocycles. The SMILES string of the molecule is CCOC(=O)c1cnn(-c2ccnc(Cc3cc(F)cc(C(F)(F)F)c3)c2)c1CO.